The van der Waals surface area contributed by atoms with Crippen molar-refractivity contribution in [1.29, 1.82) is 0 Å². The molecule has 0 amide bonds. The second kappa shape index (κ2) is 28.6. The number of hydrogen-bond donors (Lipinski definition) is 2. The highest BCUT2D eigenvalue weighted by Gasteiger charge is 1.91. The average molecular weight is 361 g/mol. The predicted molar refractivity (Wildman–Crippen MR) is 111 cm³/mol. The molecule has 0 radical (unpaired) electrons. The number of methoxy groups -OCH3 is 2. The third-order valence-electron chi connectivity index (χ3n) is 4.33. The lowest BCUT2D eigenvalue weighted by Crippen LogP contribution is -2.06. The Morgan fingerprint density at radius 1 is 0.560 bits per heavy atom. The molecule has 0 aromatic carbocycles. The molecule has 0 heterocycles. The van der Waals surface area contributed by atoms with Crippen LogP contribution < -0.4 is 11.1 Å². The van der Waals surface area contributed by atoms with Gasteiger partial charge in [-0.05, 0) is 45.8 Å². The van der Waals surface area contributed by atoms with Gasteiger partial charge in [-0.3, -0.25) is 0 Å². The number of unbranched alkanes of at least 4 members (excludes halogenated alkanes) is 12. The minimum atomic E-state index is 0.851. The summed E-state index contributed by atoms with van der Waals surface area (Å²) in [7, 11) is 5.56. The topological polar surface area (TPSA) is 56.5 Å². The van der Waals surface area contributed by atoms with Gasteiger partial charge in [-0.2, -0.15) is 0 Å². The van der Waals surface area contributed by atoms with Gasteiger partial charge < -0.3 is 20.5 Å². The Morgan fingerprint density at radius 2 is 0.920 bits per heavy atom. The summed E-state index contributed by atoms with van der Waals surface area (Å²) < 4.78 is 9.96. The van der Waals surface area contributed by atoms with Gasteiger partial charge in [-0.1, -0.05) is 64.2 Å². The van der Waals surface area contributed by atoms with Gasteiger partial charge in [0.05, 0.1) is 0 Å². The molecule has 4 nitrogen and oxygen atoms in total. The fourth-order valence-electron chi connectivity index (χ4n) is 2.71. The lowest BCUT2D eigenvalue weighted by Gasteiger charge is -2.01. The lowest BCUT2D eigenvalue weighted by atomic mass is 10.1. The number of nitrogens with two attached hydrogens (primary N) is 1. The summed E-state index contributed by atoms with van der Waals surface area (Å²) in [6.45, 7) is 3.87. The van der Waals surface area contributed by atoms with E-state index in [1.165, 1.54) is 96.4 Å². The SMILES string of the molecule is CNCCCCCCCCCOC.COCCCCCCCCCN. The van der Waals surface area contributed by atoms with Gasteiger partial charge in [0.1, 0.15) is 0 Å². The van der Waals surface area contributed by atoms with Crippen molar-refractivity contribution in [2.24, 2.45) is 5.73 Å². The molecule has 154 valence electrons. The quantitative estimate of drug-likeness (QED) is 0.322. The Labute approximate surface area is 158 Å². The van der Waals surface area contributed by atoms with E-state index >= 15 is 0 Å². The molecule has 25 heavy (non-hydrogen) atoms. The minimum Gasteiger partial charge on any atom is -0.385 e. The maximum absolute atomic E-state index is 5.39. The van der Waals surface area contributed by atoms with E-state index in [1.807, 2.05) is 7.05 Å². The third kappa shape index (κ3) is 32.0. The number of rotatable bonds is 19. The molecule has 3 N–H and O–H groups in total. The molecule has 0 saturated carbocycles. The molecule has 0 atom stereocenters. The summed E-state index contributed by atoms with van der Waals surface area (Å²) in [5.74, 6) is 0. The molecule has 0 aliphatic heterocycles. The van der Waals surface area contributed by atoms with Crippen molar-refractivity contribution in [2.45, 2.75) is 89.9 Å². The van der Waals surface area contributed by atoms with Gasteiger partial charge in [0.15, 0.2) is 0 Å². The molecule has 0 bridgehead atoms. The maximum atomic E-state index is 5.39. The molecule has 0 aliphatic carbocycles. The van der Waals surface area contributed by atoms with Crippen LogP contribution >= 0.6 is 0 Å². The molecule has 0 unspecified atom stereocenters. The molecule has 0 aliphatic rings. The first kappa shape index (κ1) is 27.1. The summed E-state index contributed by atoms with van der Waals surface area (Å²) in [4.78, 5) is 0. The monoisotopic (exact) mass is 360 g/mol. The number of ether oxygens (including phenoxy) is 2. The van der Waals surface area contributed by atoms with Gasteiger partial charge in [0.2, 0.25) is 0 Å². The minimum absolute atomic E-state index is 0.851. The largest absolute Gasteiger partial charge is 0.385 e. The predicted octanol–water partition coefficient (Wildman–Crippen LogP) is 4.91. The first-order valence-electron chi connectivity index (χ1n) is 10.7. The fraction of sp³-hybridized carbons (Fsp3) is 1.00. The van der Waals surface area contributed by atoms with Crippen molar-refractivity contribution < 1.29 is 9.47 Å². The zero-order valence-corrected chi connectivity index (χ0v) is 17.6. The lowest BCUT2D eigenvalue weighted by molar-refractivity contribution is 0.192. The highest BCUT2D eigenvalue weighted by molar-refractivity contribution is 4.47. The summed E-state index contributed by atoms with van der Waals surface area (Å²) in [6.07, 6.45) is 18.5. The van der Waals surface area contributed by atoms with Gasteiger partial charge in [-0.15, -0.1) is 0 Å². The van der Waals surface area contributed by atoms with Crippen LogP contribution in [0.3, 0.4) is 0 Å². The van der Waals surface area contributed by atoms with E-state index in [0.717, 1.165) is 19.8 Å². The third-order valence-corrected chi connectivity index (χ3v) is 4.33. The Balaban J connectivity index is 0. The molecule has 0 spiro atoms. The van der Waals surface area contributed by atoms with Crippen LogP contribution in [0.15, 0.2) is 0 Å². The van der Waals surface area contributed by atoms with E-state index in [0.29, 0.717) is 0 Å². The van der Waals surface area contributed by atoms with Crippen molar-refractivity contribution in [3.63, 3.8) is 0 Å². The van der Waals surface area contributed by atoms with Crippen molar-refractivity contribution in [1.82, 2.24) is 5.32 Å². The molecule has 0 aromatic rings. The molecule has 0 saturated heterocycles. The maximum Gasteiger partial charge on any atom is 0.0462 e. The van der Waals surface area contributed by atoms with Crippen LogP contribution in [0.1, 0.15) is 89.9 Å². The second-order valence-electron chi connectivity index (χ2n) is 6.83. The van der Waals surface area contributed by atoms with E-state index in [1.54, 1.807) is 14.2 Å². The Kier molecular flexibility index (Phi) is 31.0. The summed E-state index contributed by atoms with van der Waals surface area (Å²) >= 11 is 0. The van der Waals surface area contributed by atoms with Crippen LogP contribution in [0.25, 0.3) is 0 Å². The number of hydrogen-bond acceptors (Lipinski definition) is 4. The van der Waals surface area contributed by atoms with E-state index in [2.05, 4.69) is 5.32 Å². The molecule has 0 fully saturated rings. The zero-order chi connectivity index (χ0) is 18.8. The average Bonchev–Trinajstić information content (AvgIpc) is 2.63. The van der Waals surface area contributed by atoms with Crippen molar-refractivity contribution in [2.75, 3.05) is 47.6 Å². The first-order chi connectivity index (χ1) is 12.3. The van der Waals surface area contributed by atoms with E-state index < -0.39 is 0 Å². The molecule has 4 heteroatoms. The van der Waals surface area contributed by atoms with Crippen molar-refractivity contribution in [3.8, 4) is 0 Å². The molecule has 0 aromatic heterocycles. The van der Waals surface area contributed by atoms with Crippen LogP contribution in [0.4, 0.5) is 0 Å². The Hall–Kier alpha value is -0.160. The Morgan fingerprint density at radius 3 is 1.28 bits per heavy atom. The Bertz CT molecular complexity index is 184. The molecular formula is C21H48N2O2. The smallest absolute Gasteiger partial charge is 0.0462 e. The molecule has 0 rings (SSSR count). The van der Waals surface area contributed by atoms with Gasteiger partial charge in [-0.25, -0.2) is 0 Å². The summed E-state index contributed by atoms with van der Waals surface area (Å²) in [5.41, 5.74) is 5.39. The van der Waals surface area contributed by atoms with E-state index in [9.17, 15) is 0 Å². The normalized spacial score (nSPS) is 10.6. The van der Waals surface area contributed by atoms with Crippen molar-refractivity contribution >= 4 is 0 Å². The van der Waals surface area contributed by atoms with Crippen LogP contribution in [-0.2, 0) is 9.47 Å². The van der Waals surface area contributed by atoms with E-state index in [4.69, 9.17) is 15.2 Å². The standard InChI is InChI=1S/C11H25NO.C10H23NO/c1-12-10-8-6-4-3-5-7-9-11-13-2;1-12-10-8-6-4-2-3-5-7-9-11/h12H,3-11H2,1-2H3;2-11H2,1H3. The van der Waals surface area contributed by atoms with Crippen LogP contribution in [0, 0.1) is 0 Å². The van der Waals surface area contributed by atoms with Gasteiger partial charge in [0, 0.05) is 27.4 Å². The van der Waals surface area contributed by atoms with E-state index in [-0.39, 0.29) is 0 Å². The highest BCUT2D eigenvalue weighted by atomic mass is 16.5. The highest BCUT2D eigenvalue weighted by Crippen LogP contribution is 2.07. The fourth-order valence-corrected chi connectivity index (χ4v) is 2.71. The first-order valence-corrected chi connectivity index (χ1v) is 10.7. The summed E-state index contributed by atoms with van der Waals surface area (Å²) in [5, 5.41) is 3.17. The van der Waals surface area contributed by atoms with Crippen LogP contribution in [0.5, 0.6) is 0 Å². The summed E-state index contributed by atoms with van der Waals surface area (Å²) in [6, 6.07) is 0. The van der Waals surface area contributed by atoms with Crippen molar-refractivity contribution in [3.05, 3.63) is 0 Å². The zero-order valence-electron chi connectivity index (χ0n) is 17.6. The van der Waals surface area contributed by atoms with Crippen LogP contribution in [-0.4, -0.2) is 47.6 Å². The number of nitrogens with one attached hydrogen (secondary N) is 1. The van der Waals surface area contributed by atoms with Crippen LogP contribution in [0.2, 0.25) is 0 Å². The molecular weight excluding hydrogens is 312 g/mol. The van der Waals surface area contributed by atoms with Gasteiger partial charge in [0.25, 0.3) is 0 Å². The van der Waals surface area contributed by atoms with Gasteiger partial charge >= 0.3 is 0 Å². The second-order valence-corrected chi connectivity index (χ2v) is 6.83.